The van der Waals surface area contributed by atoms with Gasteiger partial charge in [-0.15, -0.1) is 0 Å². The first kappa shape index (κ1) is 24.6. The maximum absolute atomic E-state index is 13.1. The first-order valence-corrected chi connectivity index (χ1v) is 11.7. The molecule has 1 aliphatic heterocycles. The summed E-state index contributed by atoms with van der Waals surface area (Å²) in [5.74, 6) is -1.87. The number of esters is 1. The minimum atomic E-state index is -3.93. The van der Waals surface area contributed by atoms with Crippen LogP contribution in [0.3, 0.4) is 0 Å². The molecule has 33 heavy (non-hydrogen) atoms. The van der Waals surface area contributed by atoms with Crippen LogP contribution < -0.4 is 10.1 Å². The fourth-order valence-corrected chi connectivity index (χ4v) is 5.11. The Morgan fingerprint density at radius 2 is 1.82 bits per heavy atom. The first-order valence-electron chi connectivity index (χ1n) is 10.3. The summed E-state index contributed by atoms with van der Waals surface area (Å²) >= 11 is 0. The number of benzene rings is 2. The van der Waals surface area contributed by atoms with Gasteiger partial charge in [-0.25, -0.2) is 8.42 Å². The number of nitrogens with zero attached hydrogens (tertiary/aromatic N) is 1. The van der Waals surface area contributed by atoms with Crippen molar-refractivity contribution in [1.82, 2.24) is 4.31 Å². The molecule has 1 heterocycles. The normalized spacial score (nSPS) is 16.9. The second kappa shape index (κ2) is 10.7. The third kappa shape index (κ3) is 6.26. The van der Waals surface area contributed by atoms with Gasteiger partial charge in [0.05, 0.1) is 10.6 Å². The number of hydrogen-bond donors (Lipinski definition) is 1. The summed E-state index contributed by atoms with van der Waals surface area (Å²) in [6, 6.07) is 10.8. The van der Waals surface area contributed by atoms with Crippen molar-refractivity contribution in [3.8, 4) is 5.75 Å². The van der Waals surface area contributed by atoms with E-state index in [2.05, 4.69) is 10.1 Å². The van der Waals surface area contributed by atoms with E-state index in [9.17, 15) is 26.8 Å². The molecule has 1 amide bonds. The molecule has 11 heteroatoms. The molecular weight excluding hydrogens is 458 g/mol. The fourth-order valence-electron chi connectivity index (χ4n) is 3.46. The third-order valence-corrected chi connectivity index (χ3v) is 7.00. The Morgan fingerprint density at radius 3 is 2.52 bits per heavy atom. The van der Waals surface area contributed by atoms with Gasteiger partial charge in [-0.2, -0.15) is 13.1 Å². The minimum Gasteiger partial charge on any atom is -0.454 e. The molecule has 0 bridgehead atoms. The maximum atomic E-state index is 13.1. The first-order chi connectivity index (χ1) is 15.7. The molecule has 0 aromatic heterocycles. The summed E-state index contributed by atoms with van der Waals surface area (Å²) in [4.78, 5) is 25.0. The van der Waals surface area contributed by atoms with E-state index in [0.29, 0.717) is 12.8 Å². The standard InChI is InChI=1S/C22H24F2N2O6S/c1-15-9-11-16(12-10-15)33(29,30)26-13-5-4-7-18(26)21(28)31-14-20(27)25-17-6-2-3-8-19(17)32-22(23)24/h2-3,6,8-12,18,22H,4-5,7,13-14H2,1H3,(H,25,27). The molecule has 1 fully saturated rings. The number of carbonyl (C=O) groups is 2. The van der Waals surface area contributed by atoms with Gasteiger partial charge in [-0.3, -0.25) is 9.59 Å². The largest absolute Gasteiger partial charge is 0.454 e. The van der Waals surface area contributed by atoms with Gasteiger partial charge in [0.25, 0.3) is 5.91 Å². The van der Waals surface area contributed by atoms with Crippen LogP contribution in [0.15, 0.2) is 53.4 Å². The Hall–Kier alpha value is -3.05. The van der Waals surface area contributed by atoms with Gasteiger partial charge in [0.2, 0.25) is 10.0 Å². The van der Waals surface area contributed by atoms with E-state index >= 15 is 0 Å². The second-order valence-corrected chi connectivity index (χ2v) is 9.36. The van der Waals surface area contributed by atoms with Crippen LogP contribution in [0.2, 0.25) is 0 Å². The van der Waals surface area contributed by atoms with Crippen molar-refractivity contribution < 1.29 is 36.3 Å². The minimum absolute atomic E-state index is 0.0138. The number of rotatable bonds is 8. The van der Waals surface area contributed by atoms with E-state index in [1.807, 2.05) is 6.92 Å². The van der Waals surface area contributed by atoms with Crippen LogP contribution in [-0.4, -0.2) is 50.4 Å². The lowest BCUT2D eigenvalue weighted by molar-refractivity contribution is -0.152. The molecule has 1 atom stereocenters. The average Bonchev–Trinajstić information content (AvgIpc) is 2.79. The number of nitrogens with one attached hydrogen (secondary N) is 1. The Kier molecular flexibility index (Phi) is 7.98. The summed E-state index contributed by atoms with van der Waals surface area (Å²) < 4.78 is 61.7. The van der Waals surface area contributed by atoms with Crippen molar-refractivity contribution in [2.45, 2.75) is 43.7 Å². The predicted octanol–water partition coefficient (Wildman–Crippen LogP) is 3.32. The Morgan fingerprint density at radius 1 is 1.12 bits per heavy atom. The summed E-state index contributed by atoms with van der Waals surface area (Å²) in [6.45, 7) is -1.80. The highest BCUT2D eigenvalue weighted by molar-refractivity contribution is 7.89. The van der Waals surface area contributed by atoms with Gasteiger partial charge in [-0.1, -0.05) is 29.8 Å². The van der Waals surface area contributed by atoms with Crippen LogP contribution in [0.4, 0.5) is 14.5 Å². The van der Waals surface area contributed by atoms with E-state index in [1.54, 1.807) is 12.1 Å². The number of para-hydroxylation sites is 2. The molecule has 0 radical (unpaired) electrons. The molecule has 2 aromatic rings. The highest BCUT2D eigenvalue weighted by atomic mass is 32.2. The molecule has 8 nitrogen and oxygen atoms in total. The number of piperidine rings is 1. The van der Waals surface area contributed by atoms with Crippen molar-refractivity contribution in [3.05, 3.63) is 54.1 Å². The smallest absolute Gasteiger partial charge is 0.387 e. The Balaban J connectivity index is 1.65. The zero-order valence-corrected chi connectivity index (χ0v) is 18.7. The summed E-state index contributed by atoms with van der Waals surface area (Å²) in [5, 5.41) is 2.34. The van der Waals surface area contributed by atoms with E-state index in [4.69, 9.17) is 4.74 Å². The summed E-state index contributed by atoms with van der Waals surface area (Å²) in [5.41, 5.74) is 0.884. The molecule has 2 aromatic carbocycles. The van der Waals surface area contributed by atoms with E-state index in [-0.39, 0.29) is 29.3 Å². The lowest BCUT2D eigenvalue weighted by Gasteiger charge is -2.33. The molecule has 1 aliphatic rings. The van der Waals surface area contributed by atoms with E-state index in [1.165, 1.54) is 36.4 Å². The molecule has 0 spiro atoms. The molecule has 1 saturated heterocycles. The maximum Gasteiger partial charge on any atom is 0.387 e. The van der Waals surface area contributed by atoms with Crippen molar-refractivity contribution in [1.29, 1.82) is 0 Å². The van der Waals surface area contributed by atoms with Gasteiger partial charge >= 0.3 is 12.6 Å². The Labute approximate surface area is 190 Å². The molecule has 0 aliphatic carbocycles. The monoisotopic (exact) mass is 482 g/mol. The van der Waals surface area contributed by atoms with Gasteiger partial charge in [-0.05, 0) is 50.5 Å². The quantitative estimate of drug-likeness (QED) is 0.579. The number of ether oxygens (including phenoxy) is 2. The van der Waals surface area contributed by atoms with Gasteiger partial charge in [0.15, 0.2) is 6.61 Å². The van der Waals surface area contributed by atoms with Crippen LogP contribution in [0.5, 0.6) is 5.75 Å². The second-order valence-electron chi connectivity index (χ2n) is 7.47. The van der Waals surface area contributed by atoms with Crippen LogP contribution in [0.1, 0.15) is 24.8 Å². The average molecular weight is 483 g/mol. The highest BCUT2D eigenvalue weighted by Crippen LogP contribution is 2.27. The van der Waals surface area contributed by atoms with Crippen LogP contribution in [0.25, 0.3) is 0 Å². The number of amides is 1. The molecule has 178 valence electrons. The number of anilines is 1. The molecule has 1 unspecified atom stereocenters. The predicted molar refractivity (Wildman–Crippen MR) is 115 cm³/mol. The number of sulfonamides is 1. The van der Waals surface area contributed by atoms with E-state index in [0.717, 1.165) is 9.87 Å². The Bertz CT molecular complexity index is 1090. The van der Waals surface area contributed by atoms with Crippen molar-refractivity contribution in [3.63, 3.8) is 0 Å². The highest BCUT2D eigenvalue weighted by Gasteiger charge is 2.38. The van der Waals surface area contributed by atoms with Gasteiger partial charge in [0, 0.05) is 6.54 Å². The zero-order chi connectivity index (χ0) is 24.0. The number of halogens is 2. The van der Waals surface area contributed by atoms with Gasteiger partial charge < -0.3 is 14.8 Å². The lowest BCUT2D eigenvalue weighted by atomic mass is 10.1. The van der Waals surface area contributed by atoms with Crippen molar-refractivity contribution in [2.75, 3.05) is 18.5 Å². The number of carbonyl (C=O) groups excluding carboxylic acids is 2. The van der Waals surface area contributed by atoms with Gasteiger partial charge in [0.1, 0.15) is 11.8 Å². The fraction of sp³-hybridized carbons (Fsp3) is 0.364. The molecule has 1 N–H and O–H groups in total. The molecule has 0 saturated carbocycles. The van der Waals surface area contributed by atoms with Crippen LogP contribution in [-0.2, 0) is 24.3 Å². The SMILES string of the molecule is Cc1ccc(S(=O)(=O)N2CCCCC2C(=O)OCC(=O)Nc2ccccc2OC(F)F)cc1. The third-order valence-electron chi connectivity index (χ3n) is 5.08. The van der Waals surface area contributed by atoms with Crippen LogP contribution in [0, 0.1) is 6.92 Å². The summed E-state index contributed by atoms with van der Waals surface area (Å²) in [7, 11) is -3.93. The van der Waals surface area contributed by atoms with E-state index < -0.39 is 41.2 Å². The van der Waals surface area contributed by atoms with Crippen molar-refractivity contribution in [2.24, 2.45) is 0 Å². The summed E-state index contributed by atoms with van der Waals surface area (Å²) in [6.07, 6.45) is 1.48. The van der Waals surface area contributed by atoms with Crippen molar-refractivity contribution >= 4 is 27.6 Å². The zero-order valence-electron chi connectivity index (χ0n) is 17.9. The molecule has 3 rings (SSSR count). The topological polar surface area (TPSA) is 102 Å². The molecular formula is C22H24F2N2O6S. The number of hydrogen-bond acceptors (Lipinski definition) is 6. The number of aryl methyl sites for hydroxylation is 1. The number of alkyl halides is 2. The van der Waals surface area contributed by atoms with Crippen LogP contribution >= 0.6 is 0 Å². The lowest BCUT2D eigenvalue weighted by Crippen LogP contribution is -2.48.